The van der Waals surface area contributed by atoms with Gasteiger partial charge in [-0.1, -0.05) is 39.2 Å². The number of nitrogens with two attached hydrogens (primary N) is 2. The van der Waals surface area contributed by atoms with Crippen molar-refractivity contribution in [2.75, 3.05) is 18.0 Å². The lowest BCUT2D eigenvalue weighted by atomic mass is 9.86. The number of fused-ring (bicyclic) bond motifs is 1. The number of allylic oxidation sites excluding steroid dienone is 3. The Bertz CT molecular complexity index is 1060. The summed E-state index contributed by atoms with van der Waals surface area (Å²) in [5.74, 6) is 0.235. The fourth-order valence-corrected chi connectivity index (χ4v) is 4.77. The zero-order valence-electron chi connectivity index (χ0n) is 22.4. The number of nitrogens with one attached hydrogen (secondary N) is 1. The first-order chi connectivity index (χ1) is 16.7. The van der Waals surface area contributed by atoms with Crippen LogP contribution in [0.1, 0.15) is 85.6 Å². The second-order valence-corrected chi connectivity index (χ2v) is 9.83. The van der Waals surface area contributed by atoms with Gasteiger partial charge in [-0.05, 0) is 63.2 Å². The van der Waals surface area contributed by atoms with E-state index in [9.17, 15) is 4.79 Å². The number of aromatic nitrogens is 2. The molecule has 1 amide bonds. The molecule has 1 saturated carbocycles. The van der Waals surface area contributed by atoms with Crippen molar-refractivity contribution in [2.45, 2.75) is 80.1 Å². The number of rotatable bonds is 4. The Kier molecular flexibility index (Phi) is 10.6. The first kappa shape index (κ1) is 28.1. The number of carbonyl (C=O) groups excluding carboxylic acids is 1. The van der Waals surface area contributed by atoms with E-state index in [1.807, 2.05) is 45.3 Å². The van der Waals surface area contributed by atoms with Crippen molar-refractivity contribution >= 4 is 28.3 Å². The predicted molar refractivity (Wildman–Crippen MR) is 149 cm³/mol. The first-order valence-corrected chi connectivity index (χ1v) is 12.8. The molecule has 0 atom stereocenters. The number of nitrogens with zero attached hydrogens (tertiary/aromatic N) is 3. The van der Waals surface area contributed by atoms with E-state index in [0.29, 0.717) is 11.2 Å². The van der Waals surface area contributed by atoms with Gasteiger partial charge in [0, 0.05) is 43.7 Å². The number of anilines is 1. The van der Waals surface area contributed by atoms with Crippen LogP contribution in [-0.2, 0) is 4.79 Å². The van der Waals surface area contributed by atoms with Gasteiger partial charge >= 0.3 is 0 Å². The fourth-order valence-electron chi connectivity index (χ4n) is 4.77. The number of amides is 1. The minimum atomic E-state index is -0.333. The van der Waals surface area contributed by atoms with Gasteiger partial charge in [0.2, 0.25) is 5.91 Å². The third-order valence-electron chi connectivity index (χ3n) is 6.35. The van der Waals surface area contributed by atoms with Gasteiger partial charge in [-0.15, -0.1) is 0 Å². The molecule has 2 aliphatic rings. The van der Waals surface area contributed by atoms with Crippen LogP contribution >= 0.6 is 0 Å². The molecule has 0 bridgehead atoms. The summed E-state index contributed by atoms with van der Waals surface area (Å²) in [6.07, 6.45) is 16.0. The Hall–Kier alpha value is -3.09. The first-order valence-electron chi connectivity index (χ1n) is 12.8. The second-order valence-electron chi connectivity index (χ2n) is 9.83. The summed E-state index contributed by atoms with van der Waals surface area (Å²) in [6.45, 7) is 13.8. The summed E-state index contributed by atoms with van der Waals surface area (Å²) in [7, 11) is 0. The smallest absolute Gasteiger partial charge is 0.214 e. The molecular weight excluding hydrogens is 436 g/mol. The summed E-state index contributed by atoms with van der Waals surface area (Å²) < 4.78 is 0. The minimum absolute atomic E-state index is 0.333. The van der Waals surface area contributed by atoms with Gasteiger partial charge in [-0.3, -0.25) is 4.79 Å². The number of primary amides is 1. The summed E-state index contributed by atoms with van der Waals surface area (Å²) in [5, 5.41) is 1.15. The summed E-state index contributed by atoms with van der Waals surface area (Å²) in [6, 6.07) is 2.16. The molecule has 1 saturated heterocycles. The molecule has 1 spiro atoms. The molecule has 2 fully saturated rings. The van der Waals surface area contributed by atoms with Crippen molar-refractivity contribution in [1.29, 1.82) is 0 Å². The summed E-state index contributed by atoms with van der Waals surface area (Å²) in [4.78, 5) is 24.4. The van der Waals surface area contributed by atoms with Gasteiger partial charge in [0.25, 0.3) is 0 Å². The van der Waals surface area contributed by atoms with E-state index in [2.05, 4.69) is 40.5 Å². The van der Waals surface area contributed by atoms with E-state index in [-0.39, 0.29) is 5.91 Å². The van der Waals surface area contributed by atoms with Crippen molar-refractivity contribution in [3.05, 3.63) is 47.6 Å². The fraction of sp³-hybridized carbons (Fsp3) is 0.536. The van der Waals surface area contributed by atoms with Crippen LogP contribution in [0.15, 0.2) is 47.0 Å². The van der Waals surface area contributed by atoms with E-state index in [1.54, 1.807) is 0 Å². The molecule has 7 nitrogen and oxygen atoms in total. The molecule has 35 heavy (non-hydrogen) atoms. The molecule has 4 rings (SSSR count). The van der Waals surface area contributed by atoms with E-state index in [0.717, 1.165) is 41.0 Å². The number of pyridine rings is 1. The van der Waals surface area contributed by atoms with Crippen LogP contribution in [0.5, 0.6) is 0 Å². The maximum absolute atomic E-state index is 9.22. The van der Waals surface area contributed by atoms with Gasteiger partial charge in [0.05, 0.1) is 11.1 Å². The molecule has 2 aromatic rings. The number of carbonyl (C=O) groups is 1. The lowest BCUT2D eigenvalue weighted by Gasteiger charge is -2.25. The number of H-pyrrole nitrogens is 1. The van der Waals surface area contributed by atoms with Crippen molar-refractivity contribution in [3.8, 4) is 0 Å². The van der Waals surface area contributed by atoms with Crippen LogP contribution < -0.4 is 16.4 Å². The minimum Gasteiger partial charge on any atom is -0.384 e. The maximum atomic E-state index is 9.22. The molecule has 0 aromatic carbocycles. The highest BCUT2D eigenvalue weighted by molar-refractivity contribution is 6.18. The quantitative estimate of drug-likeness (QED) is 0.479. The Morgan fingerprint density at radius 1 is 1.20 bits per heavy atom. The Morgan fingerprint density at radius 3 is 2.40 bits per heavy atom. The van der Waals surface area contributed by atoms with E-state index in [1.165, 1.54) is 51.1 Å². The molecule has 192 valence electrons. The molecule has 7 heteroatoms. The molecular formula is C28H44N6O. The monoisotopic (exact) mass is 480 g/mol. The zero-order chi connectivity index (χ0) is 26.0. The standard InChI is InChI=1S/C23H31N5.C3H8.C2H5NO/c1-4-7-18(27-21(24)16(2)3)17-14-26-22-20(17)19(8-12-25-22)28-13-11-23(15-28)9-5-6-10-23;1-3-2;1-2(3)4/h4,7-8,12,14H,5-6,9-11,13,15,24H2,1-3H3,(H,25,26);3H2,1-2H3;1H3,(H2,3,4)/b7-4-,27-18+;;. The normalized spacial score (nSPS) is 16.7. The molecule has 0 unspecified atom stereocenters. The predicted octanol–water partition coefficient (Wildman–Crippen LogP) is 5.82. The highest BCUT2D eigenvalue weighted by Gasteiger charge is 2.40. The van der Waals surface area contributed by atoms with Gasteiger partial charge in [-0.25, -0.2) is 9.98 Å². The number of aliphatic imine (C=N–C) groups is 1. The third kappa shape index (κ3) is 7.44. The molecule has 3 heterocycles. The van der Waals surface area contributed by atoms with Crippen molar-refractivity contribution in [2.24, 2.45) is 21.9 Å². The number of aromatic amines is 1. The molecule has 2 aromatic heterocycles. The van der Waals surface area contributed by atoms with Crippen LogP contribution in [0.25, 0.3) is 11.0 Å². The molecule has 1 aliphatic carbocycles. The van der Waals surface area contributed by atoms with Gasteiger partial charge < -0.3 is 21.4 Å². The SMILES string of the molecule is C/C=C\C(=N/C(N)=C(C)C)c1c[nH]c2nccc(N3CCC4(CCCC4)C3)c12.CC(N)=O.CCC. The highest BCUT2D eigenvalue weighted by atomic mass is 16.1. The molecule has 5 N–H and O–H groups in total. The summed E-state index contributed by atoms with van der Waals surface area (Å²) >= 11 is 0. The number of hydrogen-bond donors (Lipinski definition) is 3. The number of hydrogen-bond acceptors (Lipinski definition) is 5. The van der Waals surface area contributed by atoms with Gasteiger partial charge in [-0.2, -0.15) is 0 Å². The molecule has 1 aliphatic heterocycles. The largest absolute Gasteiger partial charge is 0.384 e. The maximum Gasteiger partial charge on any atom is 0.214 e. The van der Waals surface area contributed by atoms with Crippen LogP contribution in [0.4, 0.5) is 5.69 Å². The van der Waals surface area contributed by atoms with Crippen LogP contribution in [-0.4, -0.2) is 34.7 Å². The third-order valence-corrected chi connectivity index (χ3v) is 6.35. The van der Waals surface area contributed by atoms with Crippen LogP contribution in [0, 0.1) is 5.41 Å². The average Bonchev–Trinajstić information content (AvgIpc) is 3.54. The topological polar surface area (TPSA) is 113 Å². The summed E-state index contributed by atoms with van der Waals surface area (Å²) in [5.41, 5.74) is 16.3. The van der Waals surface area contributed by atoms with E-state index >= 15 is 0 Å². The van der Waals surface area contributed by atoms with E-state index < -0.39 is 0 Å². The van der Waals surface area contributed by atoms with E-state index in [4.69, 9.17) is 10.7 Å². The molecule has 0 radical (unpaired) electrons. The van der Waals surface area contributed by atoms with Gasteiger partial charge in [0.1, 0.15) is 11.5 Å². The highest BCUT2D eigenvalue weighted by Crippen LogP contribution is 2.47. The van der Waals surface area contributed by atoms with Crippen molar-refractivity contribution in [1.82, 2.24) is 9.97 Å². The average molecular weight is 481 g/mol. The second kappa shape index (κ2) is 13.1. The lowest BCUT2D eigenvalue weighted by Crippen LogP contribution is -2.25. The zero-order valence-corrected chi connectivity index (χ0v) is 22.4. The van der Waals surface area contributed by atoms with Crippen LogP contribution in [0.2, 0.25) is 0 Å². The Labute approximate surface area is 210 Å². The Morgan fingerprint density at radius 2 is 1.83 bits per heavy atom. The van der Waals surface area contributed by atoms with Crippen molar-refractivity contribution in [3.63, 3.8) is 0 Å². The van der Waals surface area contributed by atoms with Crippen LogP contribution in [0.3, 0.4) is 0 Å². The lowest BCUT2D eigenvalue weighted by molar-refractivity contribution is -0.115. The Balaban J connectivity index is 0.000000551. The van der Waals surface area contributed by atoms with Gasteiger partial charge in [0.15, 0.2) is 0 Å². The van der Waals surface area contributed by atoms with Crippen molar-refractivity contribution < 1.29 is 4.79 Å².